The van der Waals surface area contributed by atoms with Crippen LogP contribution >= 0.6 is 11.3 Å². The van der Waals surface area contributed by atoms with Crippen LogP contribution in [0.1, 0.15) is 11.3 Å². The number of rotatable bonds is 4. The zero-order valence-electron chi connectivity index (χ0n) is 7.21. The molecular formula is C10H13NS. The summed E-state index contributed by atoms with van der Waals surface area (Å²) >= 11 is 1.78. The van der Waals surface area contributed by atoms with Gasteiger partial charge in [-0.15, -0.1) is 23.7 Å². The third-order valence-corrected chi connectivity index (χ3v) is 2.70. The smallest absolute Gasteiger partial charge is 0.0244 e. The largest absolute Gasteiger partial charge is 0.316 e. The Balaban J connectivity index is 2.44. The van der Waals surface area contributed by atoms with Crippen LogP contribution in [0.3, 0.4) is 0 Å². The van der Waals surface area contributed by atoms with Gasteiger partial charge < -0.3 is 5.32 Å². The van der Waals surface area contributed by atoms with Gasteiger partial charge in [-0.2, -0.15) is 0 Å². The highest BCUT2D eigenvalue weighted by Gasteiger charge is 2.05. The maximum atomic E-state index is 5.25. The van der Waals surface area contributed by atoms with E-state index in [9.17, 15) is 0 Å². The van der Waals surface area contributed by atoms with E-state index in [1.54, 1.807) is 11.3 Å². The van der Waals surface area contributed by atoms with Crippen molar-refractivity contribution in [1.29, 1.82) is 0 Å². The van der Waals surface area contributed by atoms with Crippen molar-refractivity contribution in [2.45, 2.75) is 18.9 Å². The molecule has 0 radical (unpaired) electrons. The van der Waals surface area contributed by atoms with Gasteiger partial charge in [0.2, 0.25) is 0 Å². The minimum atomic E-state index is 0.425. The molecule has 0 saturated carbocycles. The maximum Gasteiger partial charge on any atom is 0.0244 e. The number of nitrogens with one attached hydrogen (secondary N) is 1. The highest BCUT2D eigenvalue weighted by Crippen LogP contribution is 2.11. The van der Waals surface area contributed by atoms with E-state index in [0.717, 1.165) is 12.8 Å². The van der Waals surface area contributed by atoms with Crippen molar-refractivity contribution in [3.63, 3.8) is 0 Å². The van der Waals surface area contributed by atoms with Crippen molar-refractivity contribution in [1.82, 2.24) is 5.32 Å². The van der Waals surface area contributed by atoms with Crippen molar-refractivity contribution < 1.29 is 0 Å². The van der Waals surface area contributed by atoms with E-state index in [-0.39, 0.29) is 0 Å². The Morgan fingerprint density at radius 3 is 3.08 bits per heavy atom. The van der Waals surface area contributed by atoms with Gasteiger partial charge in [-0.3, -0.25) is 0 Å². The number of thiophene rings is 1. The zero-order chi connectivity index (χ0) is 8.81. The van der Waals surface area contributed by atoms with Crippen LogP contribution in [0.4, 0.5) is 0 Å². The Morgan fingerprint density at radius 2 is 2.58 bits per heavy atom. The van der Waals surface area contributed by atoms with Crippen LogP contribution in [0.5, 0.6) is 0 Å². The van der Waals surface area contributed by atoms with Gasteiger partial charge in [0.25, 0.3) is 0 Å². The van der Waals surface area contributed by atoms with Crippen LogP contribution in [0, 0.1) is 12.3 Å². The third-order valence-electron chi connectivity index (χ3n) is 1.80. The van der Waals surface area contributed by atoms with Crippen molar-refractivity contribution in [3.05, 3.63) is 22.4 Å². The van der Waals surface area contributed by atoms with Crippen LogP contribution < -0.4 is 5.32 Å². The van der Waals surface area contributed by atoms with Crippen molar-refractivity contribution in [2.24, 2.45) is 0 Å². The fraction of sp³-hybridized carbons (Fsp3) is 0.400. The average molecular weight is 179 g/mol. The monoisotopic (exact) mass is 179 g/mol. The summed E-state index contributed by atoms with van der Waals surface area (Å²) in [6, 6.07) is 4.64. The molecule has 1 atom stereocenters. The van der Waals surface area contributed by atoms with E-state index in [0.29, 0.717) is 6.04 Å². The molecule has 1 unspecified atom stereocenters. The summed E-state index contributed by atoms with van der Waals surface area (Å²) in [6.07, 6.45) is 7.09. The molecule has 0 fully saturated rings. The predicted octanol–water partition coefficient (Wildman–Crippen LogP) is 1.90. The number of hydrogen-bond donors (Lipinski definition) is 1. The van der Waals surface area contributed by atoms with E-state index in [4.69, 9.17) is 6.42 Å². The van der Waals surface area contributed by atoms with Crippen LogP contribution in [-0.2, 0) is 6.42 Å². The first-order valence-corrected chi connectivity index (χ1v) is 4.88. The summed E-state index contributed by atoms with van der Waals surface area (Å²) in [5.74, 6) is 2.67. The van der Waals surface area contributed by atoms with E-state index in [1.807, 2.05) is 7.05 Å². The Morgan fingerprint density at radius 1 is 1.75 bits per heavy atom. The van der Waals surface area contributed by atoms with Gasteiger partial charge in [0.05, 0.1) is 0 Å². The highest BCUT2D eigenvalue weighted by molar-refractivity contribution is 7.09. The second kappa shape index (κ2) is 4.97. The standard InChI is InChI=1S/C10H13NS/c1-3-5-9(11-2)8-10-6-4-7-12-10/h1,4,6-7,9,11H,5,8H2,2H3. The molecule has 0 aliphatic rings. The van der Waals surface area contributed by atoms with Crippen molar-refractivity contribution >= 4 is 11.3 Å². The molecule has 64 valence electrons. The first-order valence-electron chi connectivity index (χ1n) is 4.00. The molecule has 1 aromatic rings. The lowest BCUT2D eigenvalue weighted by atomic mass is 10.1. The topological polar surface area (TPSA) is 12.0 Å². The van der Waals surface area contributed by atoms with Crippen LogP contribution in [0.25, 0.3) is 0 Å². The van der Waals surface area contributed by atoms with Gasteiger partial charge in [0.1, 0.15) is 0 Å². The van der Waals surface area contributed by atoms with Gasteiger partial charge >= 0.3 is 0 Å². The molecule has 0 bridgehead atoms. The normalized spacial score (nSPS) is 12.3. The lowest BCUT2D eigenvalue weighted by Gasteiger charge is -2.10. The summed E-state index contributed by atoms with van der Waals surface area (Å²) in [6.45, 7) is 0. The fourth-order valence-corrected chi connectivity index (χ4v) is 1.88. The molecule has 0 amide bonds. The molecule has 1 heterocycles. The van der Waals surface area contributed by atoms with Gasteiger partial charge in [-0.25, -0.2) is 0 Å². The molecule has 1 nitrogen and oxygen atoms in total. The number of hydrogen-bond acceptors (Lipinski definition) is 2. The fourth-order valence-electron chi connectivity index (χ4n) is 1.09. The molecule has 1 N–H and O–H groups in total. The molecular weight excluding hydrogens is 166 g/mol. The summed E-state index contributed by atoms with van der Waals surface area (Å²) in [5.41, 5.74) is 0. The average Bonchev–Trinajstić information content (AvgIpc) is 2.56. The molecule has 0 saturated heterocycles. The number of terminal acetylenes is 1. The van der Waals surface area contributed by atoms with E-state index in [1.165, 1.54) is 4.88 Å². The maximum absolute atomic E-state index is 5.25. The summed E-state index contributed by atoms with van der Waals surface area (Å²) in [5, 5.41) is 5.30. The minimum absolute atomic E-state index is 0.425. The summed E-state index contributed by atoms with van der Waals surface area (Å²) < 4.78 is 0. The lowest BCUT2D eigenvalue weighted by molar-refractivity contribution is 0.577. The Hall–Kier alpha value is -0.780. The van der Waals surface area contributed by atoms with E-state index < -0.39 is 0 Å². The first-order chi connectivity index (χ1) is 5.86. The molecule has 1 aromatic heterocycles. The first kappa shape index (κ1) is 9.31. The Bertz CT molecular complexity index is 245. The molecule has 0 aliphatic heterocycles. The molecule has 0 aromatic carbocycles. The Kier molecular flexibility index (Phi) is 3.86. The second-order valence-electron chi connectivity index (χ2n) is 2.68. The quantitative estimate of drug-likeness (QED) is 0.696. The molecule has 0 spiro atoms. The van der Waals surface area contributed by atoms with Crippen molar-refractivity contribution in [3.8, 4) is 12.3 Å². The minimum Gasteiger partial charge on any atom is -0.316 e. The highest BCUT2D eigenvalue weighted by atomic mass is 32.1. The van der Waals surface area contributed by atoms with E-state index in [2.05, 4.69) is 28.8 Å². The van der Waals surface area contributed by atoms with Crippen LogP contribution in [-0.4, -0.2) is 13.1 Å². The molecule has 2 heteroatoms. The van der Waals surface area contributed by atoms with Gasteiger partial charge in [-0.05, 0) is 24.9 Å². The Labute approximate surface area is 77.8 Å². The van der Waals surface area contributed by atoms with Crippen LogP contribution in [0.15, 0.2) is 17.5 Å². The van der Waals surface area contributed by atoms with E-state index >= 15 is 0 Å². The lowest BCUT2D eigenvalue weighted by Crippen LogP contribution is -2.26. The predicted molar refractivity (Wildman–Crippen MR) is 54.3 cm³/mol. The SMILES string of the molecule is C#CCC(Cc1cccs1)NC. The zero-order valence-corrected chi connectivity index (χ0v) is 8.03. The molecule has 0 aliphatic carbocycles. The summed E-state index contributed by atoms with van der Waals surface area (Å²) in [4.78, 5) is 1.39. The summed E-state index contributed by atoms with van der Waals surface area (Å²) in [7, 11) is 1.95. The van der Waals surface area contributed by atoms with Crippen LogP contribution in [0.2, 0.25) is 0 Å². The second-order valence-corrected chi connectivity index (χ2v) is 3.71. The third kappa shape index (κ3) is 2.69. The number of likely N-dealkylation sites (N-methyl/N-ethyl adjacent to an activating group) is 1. The van der Waals surface area contributed by atoms with Crippen molar-refractivity contribution in [2.75, 3.05) is 7.05 Å². The molecule has 12 heavy (non-hydrogen) atoms. The van der Waals surface area contributed by atoms with Gasteiger partial charge in [0, 0.05) is 17.3 Å². The van der Waals surface area contributed by atoms with Gasteiger partial charge in [0.15, 0.2) is 0 Å². The molecule has 1 rings (SSSR count). The van der Waals surface area contributed by atoms with Gasteiger partial charge in [-0.1, -0.05) is 6.07 Å².